The quantitative estimate of drug-likeness (QED) is 0.304. The van der Waals surface area contributed by atoms with Crippen molar-refractivity contribution in [2.45, 2.75) is 18.2 Å². The first-order chi connectivity index (χ1) is 12.8. The number of ether oxygens (including phenoxy) is 1. The number of amides is 1. The fourth-order valence-corrected chi connectivity index (χ4v) is 3.05. The smallest absolute Gasteiger partial charge is 0.307 e. The van der Waals surface area contributed by atoms with E-state index in [1.165, 1.54) is 23.9 Å². The number of halogens is 1. The summed E-state index contributed by atoms with van der Waals surface area (Å²) in [6.45, 7) is 1.53. The number of hydrogen-bond acceptors (Lipinski definition) is 6. The molecule has 0 heterocycles. The summed E-state index contributed by atoms with van der Waals surface area (Å²) in [5.74, 6) is -0.551. The van der Waals surface area contributed by atoms with Crippen LogP contribution in [0.4, 0.5) is 11.4 Å². The van der Waals surface area contributed by atoms with Gasteiger partial charge in [0.25, 0.3) is 11.6 Å². The van der Waals surface area contributed by atoms with Crippen molar-refractivity contribution in [2.75, 3.05) is 17.7 Å². The maximum Gasteiger partial charge on any atom is 0.307 e. The van der Waals surface area contributed by atoms with Gasteiger partial charge in [0.1, 0.15) is 5.02 Å². The summed E-state index contributed by atoms with van der Waals surface area (Å²) < 4.78 is 4.91. The van der Waals surface area contributed by atoms with Gasteiger partial charge in [0, 0.05) is 22.4 Å². The molecule has 0 atom stereocenters. The Morgan fingerprint density at radius 2 is 1.93 bits per heavy atom. The average Bonchev–Trinajstić information content (AvgIpc) is 2.63. The number of nitrogens with zero attached hydrogens (tertiary/aromatic N) is 1. The molecule has 142 valence electrons. The third-order valence-electron chi connectivity index (χ3n) is 3.39. The van der Waals surface area contributed by atoms with E-state index in [2.05, 4.69) is 5.32 Å². The second-order valence-corrected chi connectivity index (χ2v) is 7.12. The van der Waals surface area contributed by atoms with E-state index in [-0.39, 0.29) is 22.8 Å². The summed E-state index contributed by atoms with van der Waals surface area (Å²) in [7, 11) is 0. The summed E-state index contributed by atoms with van der Waals surface area (Å²) in [4.78, 5) is 34.8. The minimum absolute atomic E-state index is 0.0319. The zero-order chi connectivity index (χ0) is 19.8. The van der Waals surface area contributed by atoms with Crippen LogP contribution in [0, 0.1) is 17.0 Å². The number of carbonyl (C=O) groups excluding carboxylic acids is 2. The minimum Gasteiger partial charge on any atom is -0.456 e. The van der Waals surface area contributed by atoms with Crippen molar-refractivity contribution in [1.29, 1.82) is 0 Å². The first-order valence-electron chi connectivity index (χ1n) is 7.94. The summed E-state index contributed by atoms with van der Waals surface area (Å²) in [5, 5.41) is 13.2. The van der Waals surface area contributed by atoms with Gasteiger partial charge in [-0.25, -0.2) is 0 Å². The Balaban J connectivity index is 1.73. The lowest BCUT2D eigenvalue weighted by Gasteiger charge is -2.07. The van der Waals surface area contributed by atoms with E-state index >= 15 is 0 Å². The molecule has 0 radical (unpaired) electrons. The van der Waals surface area contributed by atoms with Crippen molar-refractivity contribution in [2.24, 2.45) is 0 Å². The van der Waals surface area contributed by atoms with Gasteiger partial charge < -0.3 is 10.1 Å². The lowest BCUT2D eigenvalue weighted by molar-refractivity contribution is -0.384. The fourth-order valence-electron chi connectivity index (χ4n) is 2.03. The molecule has 0 aliphatic heterocycles. The molecule has 0 aromatic heterocycles. The van der Waals surface area contributed by atoms with Crippen LogP contribution >= 0.6 is 23.4 Å². The van der Waals surface area contributed by atoms with Crippen LogP contribution in [-0.4, -0.2) is 29.2 Å². The molecule has 0 aliphatic carbocycles. The second kappa shape index (κ2) is 9.94. The number of nitro groups is 1. The summed E-state index contributed by atoms with van der Waals surface area (Å²) in [6.07, 6.45) is 0.165. The van der Waals surface area contributed by atoms with E-state index < -0.39 is 23.4 Å². The van der Waals surface area contributed by atoms with Gasteiger partial charge in [0.05, 0.1) is 11.3 Å². The fraction of sp³-hybridized carbons (Fsp3) is 0.222. The molecule has 27 heavy (non-hydrogen) atoms. The highest BCUT2D eigenvalue weighted by Gasteiger charge is 2.14. The molecular formula is C18H17ClN2O5S. The van der Waals surface area contributed by atoms with Gasteiger partial charge in [0.15, 0.2) is 6.61 Å². The van der Waals surface area contributed by atoms with Crippen LogP contribution in [0.25, 0.3) is 0 Å². The van der Waals surface area contributed by atoms with Crippen LogP contribution in [0.15, 0.2) is 47.4 Å². The summed E-state index contributed by atoms with van der Waals surface area (Å²) in [6, 6.07) is 11.8. The highest BCUT2D eigenvalue weighted by molar-refractivity contribution is 7.99. The Hall–Kier alpha value is -2.58. The number of thioether (sulfide) groups is 1. The Kier molecular flexibility index (Phi) is 7.63. The van der Waals surface area contributed by atoms with Gasteiger partial charge in [-0.05, 0) is 31.2 Å². The minimum atomic E-state index is -0.649. The molecular weight excluding hydrogens is 392 g/mol. The van der Waals surface area contributed by atoms with Gasteiger partial charge >= 0.3 is 5.97 Å². The van der Waals surface area contributed by atoms with Crippen molar-refractivity contribution in [1.82, 2.24) is 0 Å². The highest BCUT2D eigenvalue weighted by Crippen LogP contribution is 2.27. The summed E-state index contributed by atoms with van der Waals surface area (Å²) >= 11 is 7.23. The molecule has 0 bridgehead atoms. The van der Waals surface area contributed by atoms with Crippen LogP contribution in [-0.2, 0) is 14.3 Å². The summed E-state index contributed by atoms with van der Waals surface area (Å²) in [5.41, 5.74) is 1.04. The van der Waals surface area contributed by atoms with Crippen LogP contribution in [0.5, 0.6) is 0 Å². The molecule has 1 N–H and O–H groups in total. The van der Waals surface area contributed by atoms with E-state index in [4.69, 9.17) is 16.3 Å². The molecule has 0 saturated heterocycles. The Morgan fingerprint density at radius 3 is 2.59 bits per heavy atom. The number of aryl methyl sites for hydroxylation is 1. The maximum atomic E-state index is 11.8. The topological polar surface area (TPSA) is 98.5 Å². The number of anilines is 1. The SMILES string of the molecule is Cc1ccc(SCCC(=O)OCC(=O)Nc2ccc(Cl)c([N+](=O)[O-])c2)cc1. The number of esters is 1. The normalized spacial score (nSPS) is 10.3. The third kappa shape index (κ3) is 6.92. The van der Waals surface area contributed by atoms with Gasteiger partial charge in [-0.2, -0.15) is 0 Å². The second-order valence-electron chi connectivity index (χ2n) is 5.54. The van der Waals surface area contributed by atoms with E-state index in [9.17, 15) is 19.7 Å². The van der Waals surface area contributed by atoms with Gasteiger partial charge in [-0.1, -0.05) is 29.3 Å². The number of rotatable bonds is 8. The molecule has 9 heteroatoms. The highest BCUT2D eigenvalue weighted by atomic mass is 35.5. The lowest BCUT2D eigenvalue weighted by Crippen LogP contribution is -2.21. The molecule has 0 spiro atoms. The molecule has 2 rings (SSSR count). The van der Waals surface area contributed by atoms with Crippen LogP contribution < -0.4 is 5.32 Å². The molecule has 7 nitrogen and oxygen atoms in total. The molecule has 0 unspecified atom stereocenters. The molecule has 1 amide bonds. The maximum absolute atomic E-state index is 11.8. The Morgan fingerprint density at radius 1 is 1.22 bits per heavy atom. The molecule has 2 aromatic rings. The standard InChI is InChI=1S/C18H17ClN2O5S/c1-12-2-5-14(6-3-12)27-9-8-18(23)26-11-17(22)20-13-4-7-15(19)16(10-13)21(24)25/h2-7,10H,8-9,11H2,1H3,(H,20,22). The average molecular weight is 409 g/mol. The monoisotopic (exact) mass is 408 g/mol. The van der Waals surface area contributed by atoms with Crippen LogP contribution in [0.2, 0.25) is 5.02 Å². The molecule has 0 aliphatic rings. The Bertz CT molecular complexity index is 842. The van der Waals surface area contributed by atoms with Gasteiger partial charge in [-0.3, -0.25) is 19.7 Å². The van der Waals surface area contributed by atoms with Gasteiger partial charge in [-0.15, -0.1) is 11.8 Å². The van der Waals surface area contributed by atoms with Crippen molar-refractivity contribution < 1.29 is 19.2 Å². The van der Waals surface area contributed by atoms with E-state index in [0.29, 0.717) is 5.75 Å². The van der Waals surface area contributed by atoms with Crippen LogP contribution in [0.1, 0.15) is 12.0 Å². The predicted octanol–water partition coefficient (Wildman–Crippen LogP) is 4.22. The van der Waals surface area contributed by atoms with Crippen molar-refractivity contribution in [3.8, 4) is 0 Å². The van der Waals surface area contributed by atoms with Crippen molar-refractivity contribution >= 4 is 46.6 Å². The first-order valence-corrected chi connectivity index (χ1v) is 9.30. The number of nitrogens with one attached hydrogen (secondary N) is 1. The van der Waals surface area contributed by atoms with Crippen molar-refractivity contribution in [3.63, 3.8) is 0 Å². The number of hydrogen-bond donors (Lipinski definition) is 1. The van der Waals surface area contributed by atoms with Crippen molar-refractivity contribution in [3.05, 3.63) is 63.2 Å². The van der Waals surface area contributed by atoms with Crippen LogP contribution in [0.3, 0.4) is 0 Å². The number of carbonyl (C=O) groups is 2. The Labute approximate surface area is 165 Å². The van der Waals surface area contributed by atoms with E-state index in [0.717, 1.165) is 16.5 Å². The molecule has 0 saturated carbocycles. The van der Waals surface area contributed by atoms with E-state index in [1.807, 2.05) is 31.2 Å². The third-order valence-corrected chi connectivity index (χ3v) is 4.72. The number of nitro benzene ring substituents is 1. The lowest BCUT2D eigenvalue weighted by atomic mass is 10.2. The van der Waals surface area contributed by atoms with Gasteiger partial charge in [0.2, 0.25) is 0 Å². The molecule has 0 fully saturated rings. The largest absolute Gasteiger partial charge is 0.456 e. The predicted molar refractivity (Wildman–Crippen MR) is 104 cm³/mol. The first kappa shape index (κ1) is 20.7. The number of benzene rings is 2. The molecule has 2 aromatic carbocycles. The zero-order valence-electron chi connectivity index (χ0n) is 14.4. The van der Waals surface area contributed by atoms with E-state index in [1.54, 1.807) is 0 Å². The zero-order valence-corrected chi connectivity index (χ0v) is 16.0.